The van der Waals surface area contributed by atoms with Crippen molar-refractivity contribution in [2.24, 2.45) is 0 Å². The molecule has 0 heterocycles. The van der Waals surface area contributed by atoms with Gasteiger partial charge in [0.15, 0.2) is 0 Å². The first-order chi connectivity index (χ1) is 16.3. The van der Waals surface area contributed by atoms with Crippen molar-refractivity contribution in [1.82, 2.24) is 0 Å². The highest BCUT2D eigenvalue weighted by atomic mass is 16.5. The lowest BCUT2D eigenvalue weighted by atomic mass is 9.97. The van der Waals surface area contributed by atoms with Crippen LogP contribution in [0, 0.1) is 0 Å². The second kappa shape index (κ2) is 17.6. The lowest BCUT2D eigenvalue weighted by Gasteiger charge is -2.19. The van der Waals surface area contributed by atoms with Crippen molar-refractivity contribution in [3.8, 4) is 0 Å². The molecule has 1 aromatic rings. The minimum Gasteiger partial charge on any atom is -0.481 e. The zero-order valence-corrected chi connectivity index (χ0v) is 20.8. The van der Waals surface area contributed by atoms with Gasteiger partial charge in [0.1, 0.15) is 12.2 Å². The molecule has 2 atom stereocenters. The molecule has 0 aromatic heterocycles. The topological polar surface area (TPSA) is 89.9 Å². The predicted molar refractivity (Wildman–Crippen MR) is 134 cm³/mol. The minimum absolute atomic E-state index is 0.0225. The van der Waals surface area contributed by atoms with Crippen LogP contribution in [-0.4, -0.2) is 29.1 Å². The number of rotatable bonds is 17. The molecule has 0 saturated carbocycles. The maximum atomic E-state index is 11.6. The highest BCUT2D eigenvalue weighted by molar-refractivity contribution is 5.68. The average molecular weight is 473 g/mol. The van der Waals surface area contributed by atoms with E-state index >= 15 is 0 Å². The number of carboxylic acids is 1. The van der Waals surface area contributed by atoms with Gasteiger partial charge in [-0.1, -0.05) is 81.5 Å². The van der Waals surface area contributed by atoms with Gasteiger partial charge in [0.25, 0.3) is 0 Å². The van der Waals surface area contributed by atoms with Crippen LogP contribution in [0.15, 0.2) is 42.5 Å². The van der Waals surface area contributed by atoms with E-state index in [1.165, 1.54) is 39.5 Å². The third-order valence-corrected chi connectivity index (χ3v) is 5.38. The maximum absolute atomic E-state index is 11.6. The summed E-state index contributed by atoms with van der Waals surface area (Å²) in [4.78, 5) is 33.9. The van der Waals surface area contributed by atoms with Gasteiger partial charge >= 0.3 is 17.9 Å². The molecule has 0 radical (unpaired) electrons. The predicted octanol–water partition coefficient (Wildman–Crippen LogP) is 6.80. The summed E-state index contributed by atoms with van der Waals surface area (Å²) in [7, 11) is 0. The number of unbranched alkanes of at least 4 members (excludes halogenated alkanes) is 5. The van der Waals surface area contributed by atoms with E-state index in [0.29, 0.717) is 12.8 Å². The molecular formula is C28H40O6. The van der Waals surface area contributed by atoms with E-state index in [1.807, 2.05) is 48.6 Å². The maximum Gasteiger partial charge on any atom is 0.303 e. The SMILES string of the molecule is CCCCCCCCC(C=CC=Cc1ccccc1C(CCCC(=O)O)OC(C)=O)OC(C)=O. The van der Waals surface area contributed by atoms with Crippen LogP contribution in [0.1, 0.15) is 102 Å². The van der Waals surface area contributed by atoms with Crippen molar-refractivity contribution in [3.05, 3.63) is 53.6 Å². The van der Waals surface area contributed by atoms with Gasteiger partial charge in [0, 0.05) is 20.3 Å². The Labute approximate surface area is 204 Å². The molecule has 0 fully saturated rings. The molecule has 0 amide bonds. The van der Waals surface area contributed by atoms with E-state index in [9.17, 15) is 14.4 Å². The molecule has 2 unspecified atom stereocenters. The number of carbonyl (C=O) groups is 3. The van der Waals surface area contributed by atoms with Gasteiger partial charge in [-0.25, -0.2) is 0 Å². The highest BCUT2D eigenvalue weighted by Crippen LogP contribution is 2.28. The first-order valence-corrected chi connectivity index (χ1v) is 12.3. The molecule has 188 valence electrons. The smallest absolute Gasteiger partial charge is 0.303 e. The highest BCUT2D eigenvalue weighted by Gasteiger charge is 2.17. The summed E-state index contributed by atoms with van der Waals surface area (Å²) in [6, 6.07) is 7.58. The summed E-state index contributed by atoms with van der Waals surface area (Å²) in [6.45, 7) is 4.97. The summed E-state index contributed by atoms with van der Waals surface area (Å²) >= 11 is 0. The Morgan fingerprint density at radius 3 is 2.24 bits per heavy atom. The van der Waals surface area contributed by atoms with Crippen LogP contribution in [0.2, 0.25) is 0 Å². The second-order valence-corrected chi connectivity index (χ2v) is 8.46. The first-order valence-electron chi connectivity index (χ1n) is 12.3. The molecule has 6 nitrogen and oxygen atoms in total. The fourth-order valence-electron chi connectivity index (χ4n) is 3.75. The quantitative estimate of drug-likeness (QED) is 0.152. The number of benzene rings is 1. The van der Waals surface area contributed by atoms with Crippen LogP contribution in [0.4, 0.5) is 0 Å². The van der Waals surface area contributed by atoms with E-state index in [1.54, 1.807) is 0 Å². The molecule has 6 heteroatoms. The molecule has 0 aliphatic rings. The molecule has 1 rings (SSSR count). The lowest BCUT2D eigenvalue weighted by molar-refractivity contribution is -0.147. The van der Waals surface area contributed by atoms with Crippen molar-refractivity contribution >= 4 is 24.0 Å². The fraction of sp³-hybridized carbons (Fsp3) is 0.536. The zero-order chi connectivity index (χ0) is 25.2. The summed E-state index contributed by atoms with van der Waals surface area (Å²) < 4.78 is 10.9. The molecule has 1 N–H and O–H groups in total. The monoisotopic (exact) mass is 472 g/mol. The van der Waals surface area contributed by atoms with Crippen molar-refractivity contribution in [1.29, 1.82) is 0 Å². The zero-order valence-electron chi connectivity index (χ0n) is 20.8. The molecule has 0 bridgehead atoms. The largest absolute Gasteiger partial charge is 0.481 e. The van der Waals surface area contributed by atoms with Gasteiger partial charge in [0.2, 0.25) is 0 Å². The Kier molecular flexibility index (Phi) is 15.1. The van der Waals surface area contributed by atoms with Crippen molar-refractivity contribution in [3.63, 3.8) is 0 Å². The van der Waals surface area contributed by atoms with Gasteiger partial charge in [-0.2, -0.15) is 0 Å². The summed E-state index contributed by atoms with van der Waals surface area (Å²) in [5.74, 6) is -1.57. The number of esters is 2. The fourth-order valence-corrected chi connectivity index (χ4v) is 3.75. The summed E-state index contributed by atoms with van der Waals surface area (Å²) in [6.07, 6.45) is 15.5. The van der Waals surface area contributed by atoms with E-state index in [2.05, 4.69) is 6.92 Å². The number of hydrogen-bond acceptors (Lipinski definition) is 5. The number of aliphatic carboxylic acids is 1. The molecule has 0 aliphatic heterocycles. The standard InChI is InChI=1S/C28H40O6/c1-4-5-6-7-8-9-17-25(33-22(2)29)18-12-10-15-24-16-11-13-19-26(24)27(34-23(3)30)20-14-21-28(31)32/h10-13,15-16,18-19,25,27H,4-9,14,17,20-21H2,1-3H3,(H,31,32). The summed E-state index contributed by atoms with van der Waals surface area (Å²) in [5.41, 5.74) is 1.71. The van der Waals surface area contributed by atoms with E-state index < -0.39 is 18.0 Å². The van der Waals surface area contributed by atoms with Crippen LogP contribution in [0.5, 0.6) is 0 Å². The van der Waals surface area contributed by atoms with Crippen LogP contribution in [0.25, 0.3) is 6.08 Å². The van der Waals surface area contributed by atoms with Gasteiger partial charge in [0.05, 0.1) is 0 Å². The Balaban J connectivity index is 2.82. The number of carbonyl (C=O) groups excluding carboxylic acids is 2. The molecule has 1 aromatic carbocycles. The van der Waals surface area contributed by atoms with Gasteiger partial charge in [-0.05, 0) is 42.9 Å². The molecule has 34 heavy (non-hydrogen) atoms. The first kappa shape index (κ1) is 29.1. The number of allylic oxidation sites excluding steroid dienone is 2. The van der Waals surface area contributed by atoms with Crippen molar-refractivity contribution < 1.29 is 29.0 Å². The molecule has 0 spiro atoms. The van der Waals surface area contributed by atoms with Crippen molar-refractivity contribution in [2.45, 2.75) is 97.2 Å². The van der Waals surface area contributed by atoms with Crippen LogP contribution in [-0.2, 0) is 23.9 Å². The van der Waals surface area contributed by atoms with Crippen LogP contribution >= 0.6 is 0 Å². The number of carboxylic acid groups (broad SMARTS) is 1. The second-order valence-electron chi connectivity index (χ2n) is 8.46. The van der Waals surface area contributed by atoms with Gasteiger partial charge in [-0.15, -0.1) is 0 Å². The van der Waals surface area contributed by atoms with Crippen molar-refractivity contribution in [2.75, 3.05) is 0 Å². The number of ether oxygens (including phenoxy) is 2. The molecule has 0 saturated heterocycles. The lowest BCUT2D eigenvalue weighted by Crippen LogP contribution is -2.13. The Hall–Kier alpha value is -2.89. The third-order valence-electron chi connectivity index (χ3n) is 5.38. The average Bonchev–Trinajstić information content (AvgIpc) is 2.77. The Morgan fingerprint density at radius 2 is 1.56 bits per heavy atom. The number of hydrogen-bond donors (Lipinski definition) is 1. The van der Waals surface area contributed by atoms with E-state index in [4.69, 9.17) is 14.6 Å². The van der Waals surface area contributed by atoms with E-state index in [0.717, 1.165) is 30.4 Å². The van der Waals surface area contributed by atoms with E-state index in [-0.39, 0.29) is 18.5 Å². The minimum atomic E-state index is -0.872. The molecule has 0 aliphatic carbocycles. The van der Waals surface area contributed by atoms with Crippen LogP contribution in [0.3, 0.4) is 0 Å². The van der Waals surface area contributed by atoms with Crippen LogP contribution < -0.4 is 0 Å². The third kappa shape index (κ3) is 13.6. The Morgan fingerprint density at radius 1 is 0.882 bits per heavy atom. The van der Waals surface area contributed by atoms with Gasteiger partial charge in [-0.3, -0.25) is 14.4 Å². The van der Waals surface area contributed by atoms with Gasteiger partial charge < -0.3 is 14.6 Å². The molecular weight excluding hydrogens is 432 g/mol. The normalized spacial score (nSPS) is 13.1. The summed E-state index contributed by atoms with van der Waals surface area (Å²) in [5, 5.41) is 8.92. The Bertz CT molecular complexity index is 811.